The van der Waals surface area contributed by atoms with E-state index in [1.807, 2.05) is 18.7 Å². The third-order valence-corrected chi connectivity index (χ3v) is 7.64. The number of nitrogens with zero attached hydrogens (tertiary/aromatic N) is 1. The lowest BCUT2D eigenvalue weighted by atomic mass is 9.98. The van der Waals surface area contributed by atoms with Crippen LogP contribution in [-0.4, -0.2) is 59.4 Å². The molecule has 1 aromatic carbocycles. The standard InChI is InChI=1S/C24H37N3O2S/c1-3-21(25-2)23(28)26-22-12-8-7-11-19-13-14-20(27(19)24(22)29)17-30-16-15-18-9-5-4-6-10-18/h4-6,9-10,19-22,25H,3,7-8,11-17H2,1-2H3,(H,26,28)/t19-,20-,21?,22-/m0/s1. The minimum atomic E-state index is -0.377. The predicted molar refractivity (Wildman–Crippen MR) is 125 cm³/mol. The summed E-state index contributed by atoms with van der Waals surface area (Å²) < 4.78 is 0. The van der Waals surface area contributed by atoms with E-state index in [9.17, 15) is 9.59 Å². The molecular formula is C24H37N3O2S. The Labute approximate surface area is 185 Å². The summed E-state index contributed by atoms with van der Waals surface area (Å²) in [6.07, 6.45) is 7.97. The van der Waals surface area contributed by atoms with Crippen molar-refractivity contribution in [2.75, 3.05) is 18.6 Å². The molecule has 166 valence electrons. The fourth-order valence-electron chi connectivity index (χ4n) is 4.78. The normalized spacial score (nSPS) is 25.3. The third kappa shape index (κ3) is 6.01. The highest BCUT2D eigenvalue weighted by molar-refractivity contribution is 7.99. The zero-order valence-corrected chi connectivity index (χ0v) is 19.3. The molecule has 2 fully saturated rings. The number of thioether (sulfide) groups is 1. The molecule has 2 aliphatic rings. The number of benzene rings is 1. The van der Waals surface area contributed by atoms with Crippen molar-refractivity contribution in [3.63, 3.8) is 0 Å². The van der Waals surface area contributed by atoms with Crippen molar-refractivity contribution in [3.05, 3.63) is 35.9 Å². The monoisotopic (exact) mass is 431 g/mol. The first-order valence-corrected chi connectivity index (χ1v) is 12.7. The third-order valence-electron chi connectivity index (χ3n) is 6.53. The van der Waals surface area contributed by atoms with Crippen LogP contribution in [0.2, 0.25) is 0 Å². The fraction of sp³-hybridized carbons (Fsp3) is 0.667. The maximum absolute atomic E-state index is 13.5. The van der Waals surface area contributed by atoms with Crippen molar-refractivity contribution in [2.24, 2.45) is 0 Å². The van der Waals surface area contributed by atoms with Gasteiger partial charge in [-0.3, -0.25) is 9.59 Å². The molecule has 3 rings (SSSR count). The van der Waals surface area contributed by atoms with Crippen molar-refractivity contribution in [3.8, 4) is 0 Å². The molecule has 30 heavy (non-hydrogen) atoms. The summed E-state index contributed by atoms with van der Waals surface area (Å²) in [5.74, 6) is 2.16. The van der Waals surface area contributed by atoms with E-state index in [4.69, 9.17) is 0 Å². The Morgan fingerprint density at radius 2 is 1.93 bits per heavy atom. The molecule has 0 spiro atoms. The molecular weight excluding hydrogens is 394 g/mol. The van der Waals surface area contributed by atoms with E-state index < -0.39 is 0 Å². The second-order valence-corrected chi connectivity index (χ2v) is 9.69. The fourth-order valence-corrected chi connectivity index (χ4v) is 5.93. The number of carbonyl (C=O) groups is 2. The van der Waals surface area contributed by atoms with Crippen molar-refractivity contribution < 1.29 is 9.59 Å². The molecule has 1 unspecified atom stereocenters. The van der Waals surface area contributed by atoms with Crippen molar-refractivity contribution in [1.82, 2.24) is 15.5 Å². The van der Waals surface area contributed by atoms with E-state index in [0.717, 1.165) is 62.9 Å². The first kappa shape index (κ1) is 23.1. The van der Waals surface area contributed by atoms with Gasteiger partial charge in [-0.15, -0.1) is 0 Å². The van der Waals surface area contributed by atoms with Crippen LogP contribution in [0.25, 0.3) is 0 Å². The number of hydrogen-bond donors (Lipinski definition) is 2. The first-order valence-electron chi connectivity index (χ1n) is 11.6. The summed E-state index contributed by atoms with van der Waals surface area (Å²) in [7, 11) is 1.80. The molecule has 2 saturated heterocycles. The molecule has 0 radical (unpaired) electrons. The average Bonchev–Trinajstić information content (AvgIpc) is 3.15. The number of fused-ring (bicyclic) bond motifs is 1. The highest BCUT2D eigenvalue weighted by Gasteiger charge is 2.40. The Balaban J connectivity index is 1.57. The van der Waals surface area contributed by atoms with Gasteiger partial charge < -0.3 is 15.5 Å². The van der Waals surface area contributed by atoms with E-state index in [1.54, 1.807) is 7.05 Å². The second-order valence-electron chi connectivity index (χ2n) is 8.54. The lowest BCUT2D eigenvalue weighted by Gasteiger charge is -2.36. The second kappa shape index (κ2) is 11.8. The van der Waals surface area contributed by atoms with E-state index in [1.165, 1.54) is 5.56 Å². The number of likely N-dealkylation sites (N-methyl/N-ethyl adjacent to an activating group) is 1. The number of rotatable bonds is 9. The zero-order valence-electron chi connectivity index (χ0n) is 18.4. The van der Waals surface area contributed by atoms with Crippen LogP contribution >= 0.6 is 11.8 Å². The van der Waals surface area contributed by atoms with Gasteiger partial charge in [0.2, 0.25) is 11.8 Å². The van der Waals surface area contributed by atoms with Gasteiger partial charge in [0, 0.05) is 17.8 Å². The summed E-state index contributed by atoms with van der Waals surface area (Å²) in [6, 6.07) is 10.6. The first-order chi connectivity index (χ1) is 14.6. The van der Waals surface area contributed by atoms with Crippen LogP contribution in [0.5, 0.6) is 0 Å². The summed E-state index contributed by atoms with van der Waals surface area (Å²) in [6.45, 7) is 1.99. The maximum atomic E-state index is 13.5. The van der Waals surface area contributed by atoms with Gasteiger partial charge in [0.15, 0.2) is 0 Å². The molecule has 4 atom stereocenters. The number of amides is 2. The van der Waals surface area contributed by atoms with Crippen molar-refractivity contribution in [1.29, 1.82) is 0 Å². The Morgan fingerprint density at radius 1 is 1.17 bits per heavy atom. The minimum absolute atomic E-state index is 0.0524. The van der Waals surface area contributed by atoms with Gasteiger partial charge in [-0.2, -0.15) is 11.8 Å². The van der Waals surface area contributed by atoms with Crippen LogP contribution in [0.15, 0.2) is 30.3 Å². The number of carbonyl (C=O) groups excluding carboxylic acids is 2. The smallest absolute Gasteiger partial charge is 0.245 e. The van der Waals surface area contributed by atoms with E-state index in [0.29, 0.717) is 12.1 Å². The Kier molecular flexibility index (Phi) is 9.06. The minimum Gasteiger partial charge on any atom is -0.343 e. The van der Waals surface area contributed by atoms with Crippen LogP contribution in [-0.2, 0) is 16.0 Å². The lowest BCUT2D eigenvalue weighted by molar-refractivity contribution is -0.140. The molecule has 0 bridgehead atoms. The van der Waals surface area contributed by atoms with Gasteiger partial charge in [-0.25, -0.2) is 0 Å². The van der Waals surface area contributed by atoms with Crippen LogP contribution in [0.1, 0.15) is 57.4 Å². The average molecular weight is 432 g/mol. The van der Waals surface area contributed by atoms with Gasteiger partial charge in [-0.1, -0.05) is 50.1 Å². The SMILES string of the molecule is CCC(NC)C(=O)N[C@H]1CCCC[C@H]2CC[C@@H](CSCCc3ccccc3)N2C1=O. The highest BCUT2D eigenvalue weighted by Crippen LogP contribution is 2.33. The Hall–Kier alpha value is -1.53. The van der Waals surface area contributed by atoms with E-state index in [2.05, 4.69) is 45.9 Å². The molecule has 1 aromatic rings. The van der Waals surface area contributed by atoms with Gasteiger partial charge in [-0.05, 0) is 56.9 Å². The summed E-state index contributed by atoms with van der Waals surface area (Å²) in [5, 5.41) is 6.11. The maximum Gasteiger partial charge on any atom is 0.245 e. The van der Waals surface area contributed by atoms with E-state index in [-0.39, 0.29) is 23.9 Å². The molecule has 6 heteroatoms. The Bertz CT molecular complexity index is 680. The summed E-state index contributed by atoms with van der Waals surface area (Å²) >= 11 is 1.95. The van der Waals surface area contributed by atoms with Crippen molar-refractivity contribution in [2.45, 2.75) is 82.5 Å². The number of hydrogen-bond acceptors (Lipinski definition) is 4. The van der Waals surface area contributed by atoms with Crippen molar-refractivity contribution >= 4 is 23.6 Å². The molecule has 2 aliphatic heterocycles. The molecule has 2 amide bonds. The van der Waals surface area contributed by atoms with Gasteiger partial charge in [0.1, 0.15) is 6.04 Å². The van der Waals surface area contributed by atoms with Crippen LogP contribution < -0.4 is 10.6 Å². The van der Waals surface area contributed by atoms with Gasteiger partial charge >= 0.3 is 0 Å². The van der Waals surface area contributed by atoms with Crippen LogP contribution in [0.3, 0.4) is 0 Å². The summed E-state index contributed by atoms with van der Waals surface area (Å²) in [4.78, 5) is 28.2. The predicted octanol–water partition coefficient (Wildman–Crippen LogP) is 3.38. The molecule has 5 nitrogen and oxygen atoms in total. The lowest BCUT2D eigenvalue weighted by Crippen LogP contribution is -2.56. The molecule has 2 heterocycles. The number of aryl methyl sites for hydroxylation is 1. The number of nitrogens with one attached hydrogen (secondary N) is 2. The molecule has 2 N–H and O–H groups in total. The van der Waals surface area contributed by atoms with Gasteiger partial charge in [0.05, 0.1) is 6.04 Å². The van der Waals surface area contributed by atoms with Crippen LogP contribution in [0.4, 0.5) is 0 Å². The zero-order chi connectivity index (χ0) is 21.3. The largest absolute Gasteiger partial charge is 0.343 e. The topological polar surface area (TPSA) is 61.4 Å². The highest BCUT2D eigenvalue weighted by atomic mass is 32.2. The molecule has 0 aliphatic carbocycles. The Morgan fingerprint density at radius 3 is 2.67 bits per heavy atom. The molecule has 0 aromatic heterocycles. The summed E-state index contributed by atoms with van der Waals surface area (Å²) in [5.41, 5.74) is 1.37. The van der Waals surface area contributed by atoms with E-state index >= 15 is 0 Å². The van der Waals surface area contributed by atoms with Crippen LogP contribution in [0, 0.1) is 0 Å². The molecule has 0 saturated carbocycles. The van der Waals surface area contributed by atoms with Gasteiger partial charge in [0.25, 0.3) is 0 Å². The quantitative estimate of drug-likeness (QED) is 0.589.